The summed E-state index contributed by atoms with van der Waals surface area (Å²) in [4.78, 5) is 58.2. The first kappa shape index (κ1) is 43.3. The standard InChI is InChI=1S/2C18H23N5O5S.2H2/c1-4-16(24)19-12-17(25)21-7-9-22(10-8-21)29(26,27)23-6-5-14-15(23)11-13(2)20-18(14)28-3;1-4-15(24)19-12-16(25)21-7-9-22(10-8-21)29(26,27)23-6-5-14-17(23)13(2)11-20-18(14)28-3;;/h2*4-6,11H,1,7-10,12H2,2-3H3,(H,19,24);2*1H. The minimum Gasteiger partial charge on any atom is -0.481 e. The predicted molar refractivity (Wildman–Crippen MR) is 218 cm³/mol. The fourth-order valence-electron chi connectivity index (χ4n) is 6.45. The number of ether oxygens (including phenoxy) is 2. The van der Waals surface area contributed by atoms with Crippen molar-refractivity contribution < 1.29 is 48.3 Å². The minimum absolute atomic E-state index is 0. The van der Waals surface area contributed by atoms with Crippen molar-refractivity contribution in [1.29, 1.82) is 0 Å². The molecule has 2 fully saturated rings. The Bertz CT molecular complexity index is 2460. The van der Waals surface area contributed by atoms with Crippen molar-refractivity contribution in [2.45, 2.75) is 13.8 Å². The fourth-order valence-corrected chi connectivity index (χ4v) is 9.50. The molecular formula is C36H50N10O10S2. The summed E-state index contributed by atoms with van der Waals surface area (Å²) in [6.45, 7) is 11.5. The van der Waals surface area contributed by atoms with Crippen molar-refractivity contribution in [3.63, 3.8) is 0 Å². The van der Waals surface area contributed by atoms with E-state index in [-0.39, 0.29) is 80.1 Å². The summed E-state index contributed by atoms with van der Waals surface area (Å²) in [5, 5.41) is 6.07. The van der Waals surface area contributed by atoms with Gasteiger partial charge >= 0.3 is 20.4 Å². The number of hydrogen-bond donors (Lipinski definition) is 2. The van der Waals surface area contributed by atoms with Crippen molar-refractivity contribution in [3.8, 4) is 11.8 Å². The zero-order valence-electron chi connectivity index (χ0n) is 32.6. The molecule has 2 saturated heterocycles. The molecule has 4 amide bonds. The van der Waals surface area contributed by atoms with Crippen molar-refractivity contribution in [2.24, 2.45) is 0 Å². The zero-order chi connectivity index (χ0) is 42.4. The quantitative estimate of drug-likeness (QED) is 0.183. The number of aromatic nitrogens is 4. The van der Waals surface area contributed by atoms with Crippen LogP contribution in [0.1, 0.15) is 14.1 Å². The van der Waals surface area contributed by atoms with Gasteiger partial charge in [0.2, 0.25) is 35.4 Å². The molecule has 0 aliphatic carbocycles. The second-order valence-corrected chi connectivity index (χ2v) is 16.7. The van der Waals surface area contributed by atoms with Crippen molar-refractivity contribution in [2.75, 3.05) is 79.7 Å². The first-order chi connectivity index (χ1) is 27.6. The number of aryl methyl sites for hydroxylation is 2. The highest BCUT2D eigenvalue weighted by molar-refractivity contribution is 7.88. The number of fused-ring (bicyclic) bond motifs is 2. The largest absolute Gasteiger partial charge is 0.481 e. The van der Waals surface area contributed by atoms with Crippen LogP contribution in [0.5, 0.6) is 11.8 Å². The molecule has 0 atom stereocenters. The molecule has 2 aliphatic heterocycles. The molecule has 4 aromatic heterocycles. The summed E-state index contributed by atoms with van der Waals surface area (Å²) in [6.07, 6.45) is 6.71. The lowest BCUT2D eigenvalue weighted by atomic mass is 10.2. The average Bonchev–Trinajstić information content (AvgIpc) is 3.89. The summed E-state index contributed by atoms with van der Waals surface area (Å²) < 4.78 is 68.3. The topological polar surface area (TPSA) is 228 Å². The van der Waals surface area contributed by atoms with Gasteiger partial charge in [-0.05, 0) is 49.8 Å². The summed E-state index contributed by atoms with van der Waals surface area (Å²) in [5.41, 5.74) is 2.35. The van der Waals surface area contributed by atoms with Gasteiger partial charge in [-0.1, -0.05) is 13.2 Å². The Labute approximate surface area is 339 Å². The average molecular weight is 847 g/mol. The monoisotopic (exact) mass is 846 g/mol. The molecule has 0 bridgehead atoms. The maximum absolute atomic E-state index is 13.2. The second kappa shape index (κ2) is 18.2. The molecular weight excluding hydrogens is 797 g/mol. The van der Waals surface area contributed by atoms with Gasteiger partial charge in [0.25, 0.3) is 0 Å². The third-order valence-electron chi connectivity index (χ3n) is 9.49. The van der Waals surface area contributed by atoms with Gasteiger partial charge in [0.1, 0.15) is 0 Å². The Morgan fingerprint density at radius 2 is 1.21 bits per heavy atom. The van der Waals surface area contributed by atoms with Crippen molar-refractivity contribution in [1.82, 2.24) is 47.0 Å². The van der Waals surface area contributed by atoms with Crippen LogP contribution in [-0.4, -0.2) is 156 Å². The Kier molecular flexibility index (Phi) is 13.6. The summed E-state index contributed by atoms with van der Waals surface area (Å²) >= 11 is 0. The van der Waals surface area contributed by atoms with Crippen LogP contribution in [0, 0.1) is 13.8 Å². The van der Waals surface area contributed by atoms with Gasteiger partial charge in [0.05, 0.1) is 49.1 Å². The van der Waals surface area contributed by atoms with Crippen LogP contribution < -0.4 is 20.1 Å². The smallest absolute Gasteiger partial charge is 0.308 e. The molecule has 0 aromatic carbocycles. The Balaban J connectivity index is 0.000000310. The highest BCUT2D eigenvalue weighted by atomic mass is 32.2. The van der Waals surface area contributed by atoms with Gasteiger partial charge < -0.3 is 29.9 Å². The lowest BCUT2D eigenvalue weighted by Crippen LogP contribution is -2.53. The number of nitrogens with one attached hydrogen (secondary N) is 2. The molecule has 0 spiro atoms. The number of hydrogen-bond acceptors (Lipinski definition) is 12. The van der Waals surface area contributed by atoms with E-state index in [1.165, 1.54) is 53.0 Å². The Morgan fingerprint density at radius 1 is 0.741 bits per heavy atom. The molecule has 316 valence electrons. The highest BCUT2D eigenvalue weighted by Gasteiger charge is 2.33. The number of pyridine rings is 2. The van der Waals surface area contributed by atoms with Crippen molar-refractivity contribution >= 4 is 65.9 Å². The maximum atomic E-state index is 13.2. The van der Waals surface area contributed by atoms with Gasteiger partial charge in [-0.15, -0.1) is 0 Å². The second-order valence-electron chi connectivity index (χ2n) is 13.1. The van der Waals surface area contributed by atoms with E-state index in [1.54, 1.807) is 38.2 Å². The minimum atomic E-state index is -3.83. The fraction of sp³-hybridized carbons (Fsp3) is 0.389. The SMILES string of the molecule is C=CC(=O)NCC(=O)N1CCN(S(=O)(=O)n2ccc3c(OC)nc(C)cc32)CC1.C=CC(=O)NCC(=O)N1CCN(S(=O)(=O)n2ccc3c(OC)ncc(C)c32)CC1.[HH].[HH]. The van der Waals surface area contributed by atoms with Crippen LogP contribution >= 0.6 is 0 Å². The molecule has 20 nitrogen and oxygen atoms in total. The molecule has 6 rings (SSSR count). The van der Waals surface area contributed by atoms with E-state index in [0.717, 1.165) is 12.2 Å². The maximum Gasteiger partial charge on any atom is 0.308 e. The first-order valence-corrected chi connectivity index (χ1v) is 20.8. The highest BCUT2D eigenvalue weighted by Crippen LogP contribution is 2.30. The first-order valence-electron chi connectivity index (χ1n) is 18.0. The van der Waals surface area contributed by atoms with E-state index >= 15 is 0 Å². The number of carbonyl (C=O) groups is 4. The van der Waals surface area contributed by atoms with Gasteiger partial charge in [0, 0.05) is 79.5 Å². The molecule has 2 N–H and O–H groups in total. The van der Waals surface area contributed by atoms with Gasteiger partial charge in [-0.25, -0.2) is 17.9 Å². The van der Waals surface area contributed by atoms with E-state index < -0.39 is 32.2 Å². The summed E-state index contributed by atoms with van der Waals surface area (Å²) in [5.74, 6) is -0.675. The summed E-state index contributed by atoms with van der Waals surface area (Å²) in [6, 6.07) is 5.01. The van der Waals surface area contributed by atoms with Crippen LogP contribution in [0.3, 0.4) is 0 Å². The molecule has 6 heterocycles. The van der Waals surface area contributed by atoms with E-state index in [2.05, 4.69) is 33.8 Å². The number of nitrogens with zero attached hydrogens (tertiary/aromatic N) is 8. The molecule has 0 radical (unpaired) electrons. The van der Waals surface area contributed by atoms with Crippen LogP contribution in [-0.2, 0) is 39.6 Å². The number of methoxy groups -OCH3 is 2. The lowest BCUT2D eigenvalue weighted by Gasteiger charge is -2.34. The summed E-state index contributed by atoms with van der Waals surface area (Å²) in [7, 11) is -4.68. The van der Waals surface area contributed by atoms with Gasteiger partial charge in [0.15, 0.2) is 0 Å². The van der Waals surface area contributed by atoms with E-state index in [9.17, 15) is 36.0 Å². The molecule has 0 unspecified atom stereocenters. The lowest BCUT2D eigenvalue weighted by molar-refractivity contribution is -0.133. The number of carbonyl (C=O) groups excluding carboxylic acids is 4. The van der Waals surface area contributed by atoms with Crippen LogP contribution in [0.15, 0.2) is 62.1 Å². The van der Waals surface area contributed by atoms with E-state index in [0.29, 0.717) is 44.8 Å². The van der Waals surface area contributed by atoms with Gasteiger partial charge in [-0.2, -0.15) is 25.4 Å². The van der Waals surface area contributed by atoms with Crippen LogP contribution in [0.25, 0.3) is 21.8 Å². The van der Waals surface area contributed by atoms with E-state index in [1.807, 2.05) is 0 Å². The number of rotatable bonds is 12. The molecule has 0 saturated carbocycles. The molecule has 4 aromatic rings. The normalized spacial score (nSPS) is 15.3. The Morgan fingerprint density at radius 3 is 1.69 bits per heavy atom. The van der Waals surface area contributed by atoms with Gasteiger partial charge in [-0.3, -0.25) is 19.2 Å². The Hall–Kier alpha value is -5.84. The molecule has 2 aliphatic rings. The third kappa shape index (κ3) is 9.14. The number of piperazine rings is 2. The molecule has 22 heteroatoms. The van der Waals surface area contributed by atoms with Crippen LogP contribution in [0.2, 0.25) is 0 Å². The third-order valence-corrected chi connectivity index (χ3v) is 13.1. The molecule has 58 heavy (non-hydrogen) atoms. The predicted octanol–water partition coefficient (Wildman–Crippen LogP) is 0.277. The van der Waals surface area contributed by atoms with Crippen LogP contribution in [0.4, 0.5) is 0 Å². The van der Waals surface area contributed by atoms with Crippen molar-refractivity contribution in [3.05, 3.63) is 73.4 Å². The zero-order valence-corrected chi connectivity index (χ0v) is 34.2. The number of amides is 4. The van der Waals surface area contributed by atoms with E-state index in [4.69, 9.17) is 9.47 Å².